The van der Waals surface area contributed by atoms with Crippen LogP contribution in [0.3, 0.4) is 0 Å². The Bertz CT molecular complexity index is 436. The highest BCUT2D eigenvalue weighted by molar-refractivity contribution is 6.21. The molecule has 1 heterocycles. The summed E-state index contributed by atoms with van der Waals surface area (Å²) in [5, 5.41) is 0.0977. The summed E-state index contributed by atoms with van der Waals surface area (Å²) >= 11 is 6.61. The van der Waals surface area contributed by atoms with Crippen molar-refractivity contribution in [2.75, 3.05) is 20.8 Å². The van der Waals surface area contributed by atoms with Crippen LogP contribution in [0.5, 0.6) is 11.5 Å². The van der Waals surface area contributed by atoms with Crippen LogP contribution in [0.4, 0.5) is 0 Å². The Kier molecular flexibility index (Phi) is 5.55. The topological polar surface area (TPSA) is 27.7 Å². The smallest absolute Gasteiger partial charge is 0.160 e. The van der Waals surface area contributed by atoms with Gasteiger partial charge in [-0.25, -0.2) is 0 Å². The number of alkyl halides is 1. The van der Waals surface area contributed by atoms with Crippen molar-refractivity contribution in [2.24, 2.45) is 5.92 Å². The third-order valence-corrected chi connectivity index (χ3v) is 4.48. The molecule has 0 saturated carbocycles. The van der Waals surface area contributed by atoms with Gasteiger partial charge in [-0.15, -0.1) is 11.6 Å². The first-order valence-electron chi connectivity index (χ1n) is 7.16. The molecule has 2 rings (SSSR count). The molecule has 112 valence electrons. The second-order valence-electron chi connectivity index (χ2n) is 5.18. The lowest BCUT2D eigenvalue weighted by Crippen LogP contribution is -2.25. The third-order valence-electron chi connectivity index (χ3n) is 4.01. The van der Waals surface area contributed by atoms with Crippen LogP contribution in [-0.2, 0) is 11.2 Å². The lowest BCUT2D eigenvalue weighted by molar-refractivity contribution is 0.0865. The molecule has 1 aromatic carbocycles. The van der Waals surface area contributed by atoms with Gasteiger partial charge in [-0.2, -0.15) is 0 Å². The predicted octanol–water partition coefficient (Wildman–Crippen LogP) is 3.67. The van der Waals surface area contributed by atoms with Gasteiger partial charge in [-0.1, -0.05) is 13.0 Å². The van der Waals surface area contributed by atoms with Gasteiger partial charge in [0.15, 0.2) is 11.5 Å². The minimum atomic E-state index is 0.0977. The van der Waals surface area contributed by atoms with E-state index in [9.17, 15) is 0 Å². The minimum Gasteiger partial charge on any atom is -0.493 e. The fourth-order valence-electron chi connectivity index (χ4n) is 2.88. The molecule has 1 aromatic rings. The molecule has 3 nitrogen and oxygen atoms in total. The molecule has 4 heteroatoms. The molecule has 1 aliphatic heterocycles. The van der Waals surface area contributed by atoms with Crippen LogP contribution in [0.1, 0.15) is 25.3 Å². The minimum absolute atomic E-state index is 0.0977. The second-order valence-corrected chi connectivity index (χ2v) is 5.74. The van der Waals surface area contributed by atoms with Crippen molar-refractivity contribution < 1.29 is 14.2 Å². The molecule has 0 amide bonds. The van der Waals surface area contributed by atoms with Gasteiger partial charge in [-0.3, -0.25) is 0 Å². The van der Waals surface area contributed by atoms with Crippen LogP contribution < -0.4 is 9.47 Å². The lowest BCUT2D eigenvalue weighted by atomic mass is 9.91. The normalized spacial score (nSPS) is 23.6. The van der Waals surface area contributed by atoms with Crippen molar-refractivity contribution >= 4 is 11.6 Å². The maximum Gasteiger partial charge on any atom is 0.160 e. The van der Waals surface area contributed by atoms with E-state index in [0.717, 1.165) is 37.4 Å². The number of rotatable bonds is 6. The van der Waals surface area contributed by atoms with Crippen LogP contribution in [0, 0.1) is 5.92 Å². The Hall–Kier alpha value is -0.930. The molecule has 20 heavy (non-hydrogen) atoms. The van der Waals surface area contributed by atoms with E-state index in [4.69, 9.17) is 25.8 Å². The van der Waals surface area contributed by atoms with Crippen LogP contribution in [-0.4, -0.2) is 32.3 Å². The molecule has 1 aliphatic rings. The molecule has 1 fully saturated rings. The van der Waals surface area contributed by atoms with Gasteiger partial charge in [0, 0.05) is 17.9 Å². The van der Waals surface area contributed by atoms with E-state index in [2.05, 4.69) is 6.92 Å². The van der Waals surface area contributed by atoms with Gasteiger partial charge in [0.2, 0.25) is 0 Å². The predicted molar refractivity (Wildman–Crippen MR) is 81.0 cm³/mol. The highest BCUT2D eigenvalue weighted by Crippen LogP contribution is 2.33. The maximum atomic E-state index is 6.61. The zero-order chi connectivity index (χ0) is 14.5. The van der Waals surface area contributed by atoms with Crippen molar-refractivity contribution in [3.8, 4) is 11.5 Å². The Morgan fingerprint density at radius 2 is 2.05 bits per heavy atom. The highest BCUT2D eigenvalue weighted by atomic mass is 35.5. The van der Waals surface area contributed by atoms with E-state index >= 15 is 0 Å². The Balaban J connectivity index is 2.05. The van der Waals surface area contributed by atoms with Gasteiger partial charge in [0.05, 0.1) is 20.3 Å². The number of benzene rings is 1. The van der Waals surface area contributed by atoms with Gasteiger partial charge >= 0.3 is 0 Å². The van der Waals surface area contributed by atoms with Crippen molar-refractivity contribution in [2.45, 2.75) is 37.7 Å². The molecule has 1 saturated heterocycles. The third kappa shape index (κ3) is 3.39. The first-order valence-corrected chi connectivity index (χ1v) is 7.59. The van der Waals surface area contributed by atoms with E-state index < -0.39 is 0 Å². The quantitative estimate of drug-likeness (QED) is 0.750. The number of hydrogen-bond donors (Lipinski definition) is 0. The van der Waals surface area contributed by atoms with E-state index in [-0.39, 0.29) is 5.38 Å². The summed E-state index contributed by atoms with van der Waals surface area (Å²) in [6, 6.07) is 5.98. The first kappa shape index (κ1) is 15.5. The summed E-state index contributed by atoms with van der Waals surface area (Å²) in [6.45, 7) is 2.99. The van der Waals surface area contributed by atoms with Crippen molar-refractivity contribution in [3.63, 3.8) is 0 Å². The molecule has 0 aliphatic carbocycles. The average molecular weight is 299 g/mol. The summed E-state index contributed by atoms with van der Waals surface area (Å²) in [7, 11) is 3.29. The zero-order valence-electron chi connectivity index (χ0n) is 12.4. The molecule has 0 radical (unpaired) electrons. The number of methoxy groups -OCH3 is 2. The van der Waals surface area contributed by atoms with E-state index in [1.54, 1.807) is 14.2 Å². The SMILES string of the molecule is CCC1OCCC1C(Cl)Cc1ccc(OC)c(OC)c1. The molecule has 3 unspecified atom stereocenters. The van der Waals surface area contributed by atoms with Gasteiger partial charge in [0.1, 0.15) is 0 Å². The largest absolute Gasteiger partial charge is 0.493 e. The molecular weight excluding hydrogens is 276 g/mol. The van der Waals surface area contributed by atoms with Crippen LogP contribution in [0.2, 0.25) is 0 Å². The Labute approximate surface area is 126 Å². The summed E-state index contributed by atoms with van der Waals surface area (Å²) in [5.41, 5.74) is 1.17. The molecule has 0 aromatic heterocycles. The van der Waals surface area contributed by atoms with Gasteiger partial charge in [0.25, 0.3) is 0 Å². The second kappa shape index (κ2) is 7.19. The Morgan fingerprint density at radius 1 is 1.30 bits per heavy atom. The standard InChI is InChI=1S/C16H23ClO3/c1-4-14-12(7-8-20-14)13(17)9-11-5-6-15(18-2)16(10-11)19-3/h5-6,10,12-14H,4,7-9H2,1-3H3. The average Bonchev–Trinajstić information content (AvgIpc) is 2.95. The van der Waals surface area contributed by atoms with E-state index in [1.807, 2.05) is 18.2 Å². The fraction of sp³-hybridized carbons (Fsp3) is 0.625. The number of ether oxygens (including phenoxy) is 3. The number of halogens is 1. The van der Waals surface area contributed by atoms with Gasteiger partial charge < -0.3 is 14.2 Å². The highest BCUT2D eigenvalue weighted by Gasteiger charge is 2.32. The van der Waals surface area contributed by atoms with Crippen molar-refractivity contribution in [3.05, 3.63) is 23.8 Å². The van der Waals surface area contributed by atoms with Crippen molar-refractivity contribution in [1.29, 1.82) is 0 Å². The first-order chi connectivity index (χ1) is 9.69. The molecule has 0 bridgehead atoms. The zero-order valence-corrected chi connectivity index (χ0v) is 13.2. The maximum absolute atomic E-state index is 6.61. The number of hydrogen-bond acceptors (Lipinski definition) is 3. The van der Waals surface area contributed by atoms with E-state index in [1.165, 1.54) is 5.56 Å². The molecular formula is C16H23ClO3. The summed E-state index contributed by atoms with van der Waals surface area (Å²) in [6.07, 6.45) is 3.21. The Morgan fingerprint density at radius 3 is 2.70 bits per heavy atom. The fourth-order valence-corrected chi connectivity index (χ4v) is 3.35. The monoisotopic (exact) mass is 298 g/mol. The summed E-state index contributed by atoms with van der Waals surface area (Å²) in [4.78, 5) is 0. The molecule has 0 spiro atoms. The van der Waals surface area contributed by atoms with Gasteiger partial charge in [-0.05, 0) is 37.0 Å². The van der Waals surface area contributed by atoms with Crippen LogP contribution >= 0.6 is 11.6 Å². The van der Waals surface area contributed by atoms with Crippen LogP contribution in [0.15, 0.2) is 18.2 Å². The molecule has 3 atom stereocenters. The molecule has 0 N–H and O–H groups in total. The summed E-state index contributed by atoms with van der Waals surface area (Å²) < 4.78 is 16.3. The van der Waals surface area contributed by atoms with E-state index in [0.29, 0.717) is 12.0 Å². The van der Waals surface area contributed by atoms with Crippen molar-refractivity contribution in [1.82, 2.24) is 0 Å². The summed E-state index contributed by atoms with van der Waals surface area (Å²) in [5.74, 6) is 1.94. The van der Waals surface area contributed by atoms with Crippen LogP contribution in [0.25, 0.3) is 0 Å². The lowest BCUT2D eigenvalue weighted by Gasteiger charge is -2.22.